The number of benzene rings is 2. The molecule has 0 amide bonds. The highest BCUT2D eigenvalue weighted by Crippen LogP contribution is 2.31. The maximum Gasteiger partial charge on any atom is 0.342 e. The fourth-order valence-electron chi connectivity index (χ4n) is 4.96. The third-order valence-electron chi connectivity index (χ3n) is 7.37. The van der Waals surface area contributed by atoms with Crippen LogP contribution in [0.1, 0.15) is 31.8 Å². The van der Waals surface area contributed by atoms with E-state index >= 15 is 0 Å². The Balaban J connectivity index is 1.42. The van der Waals surface area contributed by atoms with Gasteiger partial charge in [-0.05, 0) is 37.1 Å². The van der Waals surface area contributed by atoms with Crippen LogP contribution in [-0.4, -0.2) is 138 Å². The standard InChI is InChI=1S/C28H34O17/c1-9-3-11(29)5-13(31)17(9)25(39)41-7-15-19(33)21(35)23(37)27(43-15)45-28-24(38)22(36)20(34)16(44-28)8-42-26(40)18-10(2)4-12(30)6-14(18)32/h3-6,15-16,19-24,27-38H,7-8H2,1-2H3/t15?,16?,19-,20-,21?,22?,23?,24?,27-,28-/m1/s1. The van der Waals surface area contributed by atoms with E-state index in [-0.39, 0.29) is 33.8 Å². The molecule has 2 aromatic carbocycles. The molecule has 0 radical (unpaired) electrons. The molecular weight excluding hydrogens is 608 g/mol. The summed E-state index contributed by atoms with van der Waals surface area (Å²) in [5.41, 5.74) is -0.252. The van der Waals surface area contributed by atoms with Crippen LogP contribution in [0.4, 0.5) is 0 Å². The monoisotopic (exact) mass is 642 g/mol. The average molecular weight is 643 g/mol. The number of aliphatic hydroxyl groups excluding tert-OH is 6. The van der Waals surface area contributed by atoms with E-state index in [2.05, 4.69) is 0 Å². The molecule has 2 aliphatic heterocycles. The predicted octanol–water partition coefficient (Wildman–Crippen LogP) is -2.23. The van der Waals surface area contributed by atoms with Gasteiger partial charge in [0.25, 0.3) is 0 Å². The average Bonchev–Trinajstić information content (AvgIpc) is 2.95. The number of hydrogen-bond donors (Lipinski definition) is 10. The van der Waals surface area contributed by atoms with Gasteiger partial charge in [-0.25, -0.2) is 9.59 Å². The second-order valence-electron chi connectivity index (χ2n) is 10.7. The van der Waals surface area contributed by atoms with Crippen molar-refractivity contribution in [2.45, 2.75) is 75.3 Å². The molecule has 4 rings (SSSR count). The van der Waals surface area contributed by atoms with Gasteiger partial charge in [-0.2, -0.15) is 0 Å². The number of carbonyl (C=O) groups is 2. The van der Waals surface area contributed by atoms with Crippen molar-refractivity contribution < 1.29 is 84.3 Å². The van der Waals surface area contributed by atoms with E-state index in [1.54, 1.807) is 0 Å². The minimum absolute atomic E-state index is 0.165. The lowest BCUT2D eigenvalue weighted by molar-refractivity contribution is -0.376. The second kappa shape index (κ2) is 13.7. The van der Waals surface area contributed by atoms with Crippen LogP contribution in [0.2, 0.25) is 0 Å². The Labute approximate surface area is 254 Å². The number of aliphatic hydroxyl groups is 6. The Bertz CT molecular complexity index is 1250. The lowest BCUT2D eigenvalue weighted by Crippen LogP contribution is -2.64. The largest absolute Gasteiger partial charge is 0.508 e. The van der Waals surface area contributed by atoms with Crippen LogP contribution in [0.5, 0.6) is 23.0 Å². The summed E-state index contributed by atoms with van der Waals surface area (Å²) in [6, 6.07) is 4.21. The molecule has 10 N–H and O–H groups in total. The van der Waals surface area contributed by atoms with E-state index in [1.807, 2.05) is 0 Å². The van der Waals surface area contributed by atoms with E-state index in [0.717, 1.165) is 12.1 Å². The fourth-order valence-corrected chi connectivity index (χ4v) is 4.96. The summed E-state index contributed by atoms with van der Waals surface area (Å²) in [7, 11) is 0. The van der Waals surface area contributed by atoms with Crippen LogP contribution in [0.3, 0.4) is 0 Å². The molecule has 45 heavy (non-hydrogen) atoms. The molecule has 0 bridgehead atoms. The van der Waals surface area contributed by atoms with Crippen molar-refractivity contribution in [3.8, 4) is 23.0 Å². The van der Waals surface area contributed by atoms with Gasteiger partial charge in [0.2, 0.25) is 0 Å². The Hall–Kier alpha value is -3.78. The highest BCUT2D eigenvalue weighted by Gasteiger charge is 2.50. The third kappa shape index (κ3) is 7.22. The van der Waals surface area contributed by atoms with Gasteiger partial charge in [-0.3, -0.25) is 0 Å². The number of rotatable bonds is 8. The molecule has 2 aliphatic rings. The first-order chi connectivity index (χ1) is 21.1. The van der Waals surface area contributed by atoms with E-state index in [4.69, 9.17) is 23.7 Å². The van der Waals surface area contributed by atoms with E-state index in [0.29, 0.717) is 0 Å². The zero-order chi connectivity index (χ0) is 33.3. The van der Waals surface area contributed by atoms with Gasteiger partial charge in [0.1, 0.15) is 96.2 Å². The van der Waals surface area contributed by atoms with Gasteiger partial charge in [-0.15, -0.1) is 0 Å². The van der Waals surface area contributed by atoms with Crippen molar-refractivity contribution in [1.82, 2.24) is 0 Å². The number of ether oxygens (including phenoxy) is 5. The minimum Gasteiger partial charge on any atom is -0.508 e. The van der Waals surface area contributed by atoms with Crippen LogP contribution in [-0.2, 0) is 23.7 Å². The first kappa shape index (κ1) is 34.1. The molecule has 2 heterocycles. The summed E-state index contributed by atoms with van der Waals surface area (Å²) >= 11 is 0. The second-order valence-corrected chi connectivity index (χ2v) is 10.7. The molecule has 17 nitrogen and oxygen atoms in total. The molecule has 6 unspecified atom stereocenters. The predicted molar refractivity (Wildman–Crippen MR) is 144 cm³/mol. The maximum absolute atomic E-state index is 12.6. The SMILES string of the molecule is Cc1cc(O)cc(O)c1C(=O)OCC1O[C@H](O[C@H]2OC(COC(=O)c3c(C)cc(O)cc3O)[C@@H](O)C(O)C2O)C(O)C(O)[C@@H]1O. The molecule has 0 aliphatic carbocycles. The quantitative estimate of drug-likeness (QED) is 0.136. The number of hydrogen-bond acceptors (Lipinski definition) is 17. The van der Waals surface area contributed by atoms with E-state index in [9.17, 15) is 60.7 Å². The Morgan fingerprint density at radius 3 is 1.29 bits per heavy atom. The lowest BCUT2D eigenvalue weighted by atomic mass is 9.98. The highest BCUT2D eigenvalue weighted by atomic mass is 16.8. The summed E-state index contributed by atoms with van der Waals surface area (Å²) in [5, 5.41) is 102. The third-order valence-corrected chi connectivity index (χ3v) is 7.37. The molecule has 0 saturated carbocycles. The van der Waals surface area contributed by atoms with Crippen molar-refractivity contribution in [3.63, 3.8) is 0 Å². The molecule has 2 saturated heterocycles. The lowest BCUT2D eigenvalue weighted by Gasteiger charge is -2.44. The van der Waals surface area contributed by atoms with Crippen molar-refractivity contribution >= 4 is 11.9 Å². The molecule has 0 spiro atoms. The molecule has 10 atom stereocenters. The van der Waals surface area contributed by atoms with Crippen molar-refractivity contribution in [2.75, 3.05) is 13.2 Å². The van der Waals surface area contributed by atoms with E-state index in [1.165, 1.54) is 26.0 Å². The number of esters is 2. The molecular formula is C28H34O17. The number of carbonyl (C=O) groups excluding carboxylic acids is 2. The number of aryl methyl sites for hydroxylation is 2. The maximum atomic E-state index is 12.6. The van der Waals surface area contributed by atoms with Crippen LogP contribution in [0.25, 0.3) is 0 Å². The van der Waals surface area contributed by atoms with Gasteiger partial charge in [0, 0.05) is 12.1 Å². The molecule has 0 aromatic heterocycles. The molecule has 2 fully saturated rings. The first-order valence-corrected chi connectivity index (χ1v) is 13.5. The van der Waals surface area contributed by atoms with Crippen LogP contribution in [0.15, 0.2) is 24.3 Å². The van der Waals surface area contributed by atoms with Gasteiger partial charge < -0.3 is 74.7 Å². The number of phenolic OH excluding ortho intramolecular Hbond substituents is 4. The zero-order valence-corrected chi connectivity index (χ0v) is 23.8. The molecule has 248 valence electrons. The van der Waals surface area contributed by atoms with E-state index < -0.39 is 98.1 Å². The fraction of sp³-hybridized carbons (Fsp3) is 0.500. The van der Waals surface area contributed by atoms with Crippen LogP contribution >= 0.6 is 0 Å². The minimum atomic E-state index is -1.97. The van der Waals surface area contributed by atoms with Crippen molar-refractivity contribution in [3.05, 3.63) is 46.5 Å². The summed E-state index contributed by atoms with van der Waals surface area (Å²) in [6.07, 6.45) is -18.3. The molecule has 17 heteroatoms. The summed E-state index contributed by atoms with van der Waals surface area (Å²) in [6.45, 7) is 1.36. The van der Waals surface area contributed by atoms with Crippen molar-refractivity contribution in [2.24, 2.45) is 0 Å². The Kier molecular flexibility index (Phi) is 10.4. The van der Waals surface area contributed by atoms with Gasteiger partial charge >= 0.3 is 11.9 Å². The smallest absolute Gasteiger partial charge is 0.342 e. The van der Waals surface area contributed by atoms with Gasteiger partial charge in [-0.1, -0.05) is 0 Å². The summed E-state index contributed by atoms with van der Waals surface area (Å²) in [4.78, 5) is 25.2. The highest BCUT2D eigenvalue weighted by molar-refractivity contribution is 5.95. The first-order valence-electron chi connectivity index (χ1n) is 13.5. The Morgan fingerprint density at radius 1 is 0.600 bits per heavy atom. The molecule has 2 aromatic rings. The normalized spacial score (nSPS) is 31.7. The summed E-state index contributed by atoms with van der Waals surface area (Å²) < 4.78 is 26.5. The van der Waals surface area contributed by atoms with Crippen LogP contribution < -0.4 is 0 Å². The summed E-state index contributed by atoms with van der Waals surface area (Å²) in [5.74, 6) is -3.92. The zero-order valence-electron chi connectivity index (χ0n) is 23.8. The number of aromatic hydroxyl groups is 4. The topological polar surface area (TPSA) is 283 Å². The van der Waals surface area contributed by atoms with Crippen molar-refractivity contribution in [1.29, 1.82) is 0 Å². The Morgan fingerprint density at radius 2 is 0.956 bits per heavy atom. The van der Waals surface area contributed by atoms with Crippen LogP contribution in [0, 0.1) is 13.8 Å². The van der Waals surface area contributed by atoms with Gasteiger partial charge in [0.05, 0.1) is 0 Å². The van der Waals surface area contributed by atoms with Gasteiger partial charge in [0.15, 0.2) is 12.6 Å². The number of phenols is 4.